The molecule has 0 saturated carbocycles. The molecule has 0 unspecified atom stereocenters. The van der Waals surface area contributed by atoms with Crippen LogP contribution in [0, 0.1) is 6.92 Å². The van der Waals surface area contributed by atoms with Crippen LogP contribution >= 0.6 is 15.9 Å². The van der Waals surface area contributed by atoms with Gasteiger partial charge in [0.2, 0.25) is 0 Å². The molecule has 1 aliphatic rings. The van der Waals surface area contributed by atoms with Crippen molar-refractivity contribution in [1.29, 1.82) is 0 Å². The number of halogens is 1. The van der Waals surface area contributed by atoms with E-state index in [-0.39, 0.29) is 11.9 Å². The van der Waals surface area contributed by atoms with Crippen molar-refractivity contribution in [1.82, 2.24) is 30.0 Å². The van der Waals surface area contributed by atoms with E-state index in [0.717, 1.165) is 10.9 Å². The molecule has 25 heavy (non-hydrogen) atoms. The molecule has 0 aliphatic carbocycles. The van der Waals surface area contributed by atoms with Crippen LogP contribution in [0.4, 0.5) is 0 Å². The lowest BCUT2D eigenvalue weighted by atomic mass is 10.2. The lowest BCUT2D eigenvalue weighted by Crippen LogP contribution is -2.29. The number of carbonyl (C=O) groups excluding carboxylic acids is 1. The molecule has 1 aliphatic heterocycles. The van der Waals surface area contributed by atoms with Crippen LogP contribution in [0.5, 0.6) is 0 Å². The summed E-state index contributed by atoms with van der Waals surface area (Å²) in [6.45, 7) is 3.03. The van der Waals surface area contributed by atoms with Crippen LogP contribution in [-0.2, 0) is 0 Å². The molecule has 1 atom stereocenters. The number of amides is 1. The SMILES string of the molecule is Cc1noc(-c2cn([C@@H]3CCN(C(=O)c4cccc(Br)c4)C3)nn2)n1. The summed E-state index contributed by atoms with van der Waals surface area (Å²) in [6, 6.07) is 7.51. The number of aryl methyl sites for hydroxylation is 1. The largest absolute Gasteiger partial charge is 0.336 e. The van der Waals surface area contributed by atoms with Crippen LogP contribution in [0.15, 0.2) is 39.5 Å². The van der Waals surface area contributed by atoms with Gasteiger partial charge in [0.05, 0.1) is 12.2 Å². The Balaban J connectivity index is 1.47. The summed E-state index contributed by atoms with van der Waals surface area (Å²) < 4.78 is 7.77. The van der Waals surface area contributed by atoms with Crippen LogP contribution in [0.2, 0.25) is 0 Å². The fourth-order valence-electron chi connectivity index (χ4n) is 2.90. The van der Waals surface area contributed by atoms with Crippen molar-refractivity contribution in [3.05, 3.63) is 46.3 Å². The summed E-state index contributed by atoms with van der Waals surface area (Å²) in [4.78, 5) is 18.6. The van der Waals surface area contributed by atoms with Gasteiger partial charge >= 0.3 is 0 Å². The van der Waals surface area contributed by atoms with Crippen molar-refractivity contribution in [2.45, 2.75) is 19.4 Å². The average Bonchev–Trinajstić information content (AvgIpc) is 3.33. The second-order valence-corrected chi connectivity index (χ2v) is 6.85. The van der Waals surface area contributed by atoms with E-state index in [1.54, 1.807) is 17.8 Å². The summed E-state index contributed by atoms with van der Waals surface area (Å²) >= 11 is 3.40. The van der Waals surface area contributed by atoms with Crippen molar-refractivity contribution in [2.75, 3.05) is 13.1 Å². The maximum atomic E-state index is 12.6. The Bertz CT molecular complexity index is 921. The number of rotatable bonds is 3. The van der Waals surface area contributed by atoms with Crippen molar-refractivity contribution >= 4 is 21.8 Å². The topological polar surface area (TPSA) is 89.9 Å². The van der Waals surface area contributed by atoms with Crippen LogP contribution in [0.1, 0.15) is 28.6 Å². The number of aromatic nitrogens is 5. The van der Waals surface area contributed by atoms with Gasteiger partial charge in [0, 0.05) is 23.1 Å². The van der Waals surface area contributed by atoms with Crippen molar-refractivity contribution in [3.63, 3.8) is 0 Å². The molecule has 0 spiro atoms. The normalized spacial score (nSPS) is 17.2. The Morgan fingerprint density at radius 1 is 1.40 bits per heavy atom. The van der Waals surface area contributed by atoms with Gasteiger partial charge in [-0.15, -0.1) is 5.10 Å². The number of nitrogens with zero attached hydrogens (tertiary/aromatic N) is 6. The minimum atomic E-state index is 0.0247. The van der Waals surface area contributed by atoms with Crippen molar-refractivity contribution in [3.8, 4) is 11.6 Å². The van der Waals surface area contributed by atoms with E-state index in [4.69, 9.17) is 4.52 Å². The quantitative estimate of drug-likeness (QED) is 0.668. The van der Waals surface area contributed by atoms with Gasteiger partial charge in [0.25, 0.3) is 11.8 Å². The van der Waals surface area contributed by atoms with Gasteiger partial charge in [-0.1, -0.05) is 32.4 Å². The highest BCUT2D eigenvalue weighted by Gasteiger charge is 2.29. The number of hydrogen-bond donors (Lipinski definition) is 0. The first-order valence-corrected chi connectivity index (χ1v) is 8.67. The Kier molecular flexibility index (Phi) is 4.08. The third-order valence-corrected chi connectivity index (χ3v) is 4.65. The van der Waals surface area contributed by atoms with E-state index in [9.17, 15) is 4.79 Å². The monoisotopic (exact) mass is 402 g/mol. The standard InChI is InChI=1S/C16H15BrN6O2/c1-10-18-15(25-20-10)14-9-23(21-19-14)13-5-6-22(8-13)16(24)11-3-2-4-12(17)7-11/h2-4,7,9,13H,5-6,8H2,1H3/t13-/m1/s1. The molecule has 3 heterocycles. The van der Waals surface area contributed by atoms with Crippen LogP contribution in [0.25, 0.3) is 11.6 Å². The smallest absolute Gasteiger partial charge is 0.280 e. The lowest BCUT2D eigenvalue weighted by Gasteiger charge is -2.16. The molecular weight excluding hydrogens is 388 g/mol. The molecule has 0 radical (unpaired) electrons. The second kappa shape index (κ2) is 6.40. The number of benzene rings is 1. The molecule has 4 rings (SSSR count). The van der Waals surface area contributed by atoms with E-state index >= 15 is 0 Å². The Labute approximate surface area is 151 Å². The fraction of sp³-hybridized carbons (Fsp3) is 0.312. The molecule has 3 aromatic rings. The molecule has 0 bridgehead atoms. The molecule has 9 heteroatoms. The maximum Gasteiger partial charge on any atom is 0.280 e. The van der Waals surface area contributed by atoms with Gasteiger partial charge in [0.1, 0.15) is 0 Å². The van der Waals surface area contributed by atoms with Gasteiger partial charge in [0.15, 0.2) is 11.5 Å². The number of likely N-dealkylation sites (tertiary alicyclic amines) is 1. The maximum absolute atomic E-state index is 12.6. The molecule has 1 aromatic carbocycles. The minimum absolute atomic E-state index is 0.0247. The molecule has 0 N–H and O–H groups in total. The molecule has 1 saturated heterocycles. The van der Waals surface area contributed by atoms with Gasteiger partial charge < -0.3 is 9.42 Å². The first-order chi connectivity index (χ1) is 12.1. The van der Waals surface area contributed by atoms with Gasteiger partial charge in [-0.25, -0.2) is 4.68 Å². The number of hydrogen-bond acceptors (Lipinski definition) is 6. The van der Waals surface area contributed by atoms with Gasteiger partial charge in [-0.05, 0) is 31.5 Å². The minimum Gasteiger partial charge on any atom is -0.336 e. The lowest BCUT2D eigenvalue weighted by molar-refractivity contribution is 0.0787. The highest BCUT2D eigenvalue weighted by molar-refractivity contribution is 9.10. The third-order valence-electron chi connectivity index (χ3n) is 4.15. The first-order valence-electron chi connectivity index (χ1n) is 7.87. The van der Waals surface area contributed by atoms with Crippen LogP contribution in [-0.4, -0.2) is 49.0 Å². The molecule has 2 aromatic heterocycles. The molecule has 128 valence electrons. The van der Waals surface area contributed by atoms with Gasteiger partial charge in [-0.3, -0.25) is 4.79 Å². The Morgan fingerprint density at radius 3 is 3.04 bits per heavy atom. The zero-order valence-corrected chi connectivity index (χ0v) is 15.0. The zero-order valence-electron chi connectivity index (χ0n) is 13.5. The molecular formula is C16H15BrN6O2. The Morgan fingerprint density at radius 2 is 2.28 bits per heavy atom. The fourth-order valence-corrected chi connectivity index (χ4v) is 3.30. The predicted molar refractivity (Wildman–Crippen MR) is 91.8 cm³/mol. The third kappa shape index (κ3) is 3.19. The predicted octanol–water partition coefficient (Wildman–Crippen LogP) is 2.49. The molecule has 8 nitrogen and oxygen atoms in total. The van der Waals surface area contributed by atoms with E-state index in [1.165, 1.54) is 0 Å². The summed E-state index contributed by atoms with van der Waals surface area (Å²) in [7, 11) is 0. The zero-order chi connectivity index (χ0) is 17.4. The first kappa shape index (κ1) is 15.9. The highest BCUT2D eigenvalue weighted by atomic mass is 79.9. The van der Waals surface area contributed by atoms with Gasteiger partial charge in [-0.2, -0.15) is 4.98 Å². The summed E-state index contributed by atoms with van der Waals surface area (Å²) in [5.41, 5.74) is 1.22. The van der Waals surface area contributed by atoms with E-state index < -0.39 is 0 Å². The summed E-state index contributed by atoms with van der Waals surface area (Å²) in [5, 5.41) is 12.0. The second-order valence-electron chi connectivity index (χ2n) is 5.93. The summed E-state index contributed by atoms with van der Waals surface area (Å²) in [6.07, 6.45) is 2.61. The van der Waals surface area contributed by atoms with E-state index in [0.29, 0.717) is 36.1 Å². The highest BCUT2D eigenvalue weighted by Crippen LogP contribution is 2.25. The van der Waals surface area contributed by atoms with Crippen LogP contribution < -0.4 is 0 Å². The van der Waals surface area contributed by atoms with E-state index in [2.05, 4.69) is 36.4 Å². The van der Waals surface area contributed by atoms with Crippen LogP contribution in [0.3, 0.4) is 0 Å². The molecule has 1 amide bonds. The Hall–Kier alpha value is -2.55. The van der Waals surface area contributed by atoms with Crippen molar-refractivity contribution in [2.24, 2.45) is 0 Å². The van der Waals surface area contributed by atoms with Crippen molar-refractivity contribution < 1.29 is 9.32 Å². The summed E-state index contributed by atoms with van der Waals surface area (Å²) in [5.74, 6) is 0.927. The average molecular weight is 403 g/mol. The van der Waals surface area contributed by atoms with E-state index in [1.807, 2.05) is 29.2 Å². The number of carbonyl (C=O) groups is 1. The molecule has 1 fully saturated rings.